The molecule has 0 aliphatic heterocycles. The molecule has 2 rings (SSSR count). The van der Waals surface area contributed by atoms with Crippen molar-refractivity contribution in [3.05, 3.63) is 48.1 Å². The van der Waals surface area contributed by atoms with E-state index in [4.69, 9.17) is 22.3 Å². The van der Waals surface area contributed by atoms with E-state index in [1.165, 1.54) is 6.07 Å². The van der Waals surface area contributed by atoms with Crippen LogP contribution in [0.15, 0.2) is 36.0 Å². The zero-order chi connectivity index (χ0) is 18.3. The Morgan fingerprint density at radius 1 is 1.29 bits per heavy atom. The first kappa shape index (κ1) is 19.0. The van der Waals surface area contributed by atoms with Crippen LogP contribution in [0.4, 0.5) is 13.2 Å². The zero-order valence-electron chi connectivity index (χ0n) is 12.6. The van der Waals surface area contributed by atoms with E-state index in [-0.39, 0.29) is 0 Å². The second-order valence-electron chi connectivity index (χ2n) is 5.05. The molecule has 0 saturated heterocycles. The van der Waals surface area contributed by atoms with E-state index >= 15 is 0 Å². The van der Waals surface area contributed by atoms with Gasteiger partial charge in [-0.2, -0.15) is 8.78 Å². The average molecular weight is 398 g/mol. The Bertz CT molecular complexity index is 822. The van der Waals surface area contributed by atoms with Gasteiger partial charge in [0, 0.05) is 0 Å². The maximum atomic E-state index is 14.5. The number of hydrogen-bond acceptors (Lipinski definition) is 3. The minimum atomic E-state index is -4.27. The summed E-state index contributed by atoms with van der Waals surface area (Å²) in [4.78, 5) is 3.90. The van der Waals surface area contributed by atoms with E-state index in [9.17, 15) is 17.4 Å². The van der Waals surface area contributed by atoms with Crippen molar-refractivity contribution in [1.29, 1.82) is 0 Å². The van der Waals surface area contributed by atoms with Gasteiger partial charge in [0.15, 0.2) is 5.82 Å². The van der Waals surface area contributed by atoms with Gasteiger partial charge in [-0.3, -0.25) is 0 Å². The van der Waals surface area contributed by atoms with E-state index in [0.717, 1.165) is 11.0 Å². The molecule has 0 aliphatic carbocycles. The van der Waals surface area contributed by atoms with Gasteiger partial charge in [-0.15, -0.1) is 5.10 Å². The van der Waals surface area contributed by atoms with Crippen molar-refractivity contribution in [2.45, 2.75) is 29.8 Å². The van der Waals surface area contributed by atoms with Crippen LogP contribution >= 0.6 is 22.3 Å². The number of halogens is 5. The molecule has 10 heteroatoms. The number of rotatable bonds is 5. The van der Waals surface area contributed by atoms with Gasteiger partial charge in [0.1, 0.15) is 16.3 Å². The van der Waals surface area contributed by atoms with E-state index in [1.807, 2.05) is 0 Å². The fraction of sp³-hybridized carbons (Fsp3) is 0.286. The van der Waals surface area contributed by atoms with Crippen LogP contribution in [0.1, 0.15) is 17.0 Å². The van der Waals surface area contributed by atoms with E-state index in [2.05, 4.69) is 16.7 Å². The van der Waals surface area contributed by atoms with Crippen LogP contribution in [0.5, 0.6) is 0 Å². The van der Waals surface area contributed by atoms with Crippen LogP contribution in [-0.2, 0) is 15.7 Å². The average Bonchev–Trinajstić information content (AvgIpc) is 2.94. The summed E-state index contributed by atoms with van der Waals surface area (Å²) < 4.78 is 53.8. The summed E-state index contributed by atoms with van der Waals surface area (Å²) in [7, 11) is 3.84. The smallest absolute Gasteiger partial charge is 0.237 e. The van der Waals surface area contributed by atoms with Gasteiger partial charge in [0.25, 0.3) is 5.67 Å². The number of benzene rings is 1. The molecule has 0 saturated carbocycles. The Morgan fingerprint density at radius 3 is 2.42 bits per heavy atom. The summed E-state index contributed by atoms with van der Waals surface area (Å²) >= 11 is 4.82. The monoisotopic (exact) mass is 397 g/mol. The molecular weight excluding hydrogens is 386 g/mol. The van der Waals surface area contributed by atoms with Crippen molar-refractivity contribution in [2.75, 3.05) is 0 Å². The standard InChI is InChI=1S/C14H12Cl2F3N3OS/c1-4-13(17,14(15,18)19)12-20-7-22(21-12)10-6-11(24(16)23)9(3)5-8(10)2/h4-7H,1H2,2-3H3. The number of aryl methyl sites for hydroxylation is 2. The lowest BCUT2D eigenvalue weighted by Gasteiger charge is -2.22. The van der Waals surface area contributed by atoms with Crippen LogP contribution in [0.2, 0.25) is 0 Å². The molecule has 0 spiro atoms. The lowest BCUT2D eigenvalue weighted by molar-refractivity contribution is -0.0498. The van der Waals surface area contributed by atoms with Crippen molar-refractivity contribution >= 4 is 32.3 Å². The molecule has 1 heterocycles. The number of alkyl halides is 4. The van der Waals surface area contributed by atoms with E-state index in [1.54, 1.807) is 19.9 Å². The lowest BCUT2D eigenvalue weighted by atomic mass is 10.1. The Hall–Kier alpha value is -1.38. The number of hydrogen-bond donors (Lipinski definition) is 0. The Kier molecular flexibility index (Phi) is 5.13. The van der Waals surface area contributed by atoms with Crippen molar-refractivity contribution in [3.63, 3.8) is 0 Å². The zero-order valence-corrected chi connectivity index (χ0v) is 14.9. The van der Waals surface area contributed by atoms with Crippen LogP contribution in [0, 0.1) is 13.8 Å². The van der Waals surface area contributed by atoms with Crippen LogP contribution in [0.25, 0.3) is 5.69 Å². The minimum Gasteiger partial charge on any atom is -0.237 e. The third kappa shape index (κ3) is 3.22. The van der Waals surface area contributed by atoms with Crippen molar-refractivity contribution in [1.82, 2.24) is 14.8 Å². The van der Waals surface area contributed by atoms with E-state index < -0.39 is 26.9 Å². The summed E-state index contributed by atoms with van der Waals surface area (Å²) in [5.41, 5.74) is -1.71. The van der Waals surface area contributed by atoms with Gasteiger partial charge in [-0.25, -0.2) is 18.3 Å². The quantitative estimate of drug-likeness (QED) is 0.428. The maximum absolute atomic E-state index is 14.5. The summed E-state index contributed by atoms with van der Waals surface area (Å²) in [6.07, 6.45) is 1.40. The molecule has 1 aromatic heterocycles. The molecule has 0 N–H and O–H groups in total. The molecular formula is C14H12Cl2F3N3OS. The normalized spacial score (nSPS) is 15.8. The fourth-order valence-electron chi connectivity index (χ4n) is 2.12. The van der Waals surface area contributed by atoms with Gasteiger partial charge < -0.3 is 0 Å². The largest absolute Gasteiger partial charge is 0.366 e. The Morgan fingerprint density at radius 2 is 1.92 bits per heavy atom. The first-order chi connectivity index (χ1) is 11.0. The first-order valence-electron chi connectivity index (χ1n) is 6.52. The van der Waals surface area contributed by atoms with Crippen molar-refractivity contribution in [2.24, 2.45) is 0 Å². The maximum Gasteiger partial charge on any atom is 0.366 e. The predicted octanol–water partition coefficient (Wildman–Crippen LogP) is 4.33. The summed E-state index contributed by atoms with van der Waals surface area (Å²) in [6, 6.07) is 3.16. The molecule has 0 fully saturated rings. The molecule has 0 radical (unpaired) electrons. The molecule has 24 heavy (non-hydrogen) atoms. The topological polar surface area (TPSA) is 47.8 Å². The highest BCUT2D eigenvalue weighted by Crippen LogP contribution is 2.43. The highest BCUT2D eigenvalue weighted by molar-refractivity contribution is 8.08. The third-order valence-corrected chi connectivity index (χ3v) is 4.98. The number of allylic oxidation sites excluding steroid dienone is 1. The van der Waals surface area contributed by atoms with Crippen LogP contribution in [0.3, 0.4) is 0 Å². The highest BCUT2D eigenvalue weighted by Gasteiger charge is 2.56. The van der Waals surface area contributed by atoms with Gasteiger partial charge in [-0.05, 0) is 59.4 Å². The molecule has 0 aliphatic rings. The van der Waals surface area contributed by atoms with Gasteiger partial charge >= 0.3 is 5.38 Å². The van der Waals surface area contributed by atoms with Gasteiger partial charge in [0.2, 0.25) is 0 Å². The van der Waals surface area contributed by atoms with Gasteiger partial charge in [0.05, 0.1) is 10.6 Å². The third-order valence-electron chi connectivity index (χ3n) is 3.42. The molecule has 0 amide bonds. The van der Waals surface area contributed by atoms with Crippen LogP contribution < -0.4 is 0 Å². The first-order valence-corrected chi connectivity index (χ1v) is 8.87. The SMILES string of the molecule is C=CC(F)(c1ncn(-c2cc(S(=O)Cl)c(C)cc2C)n1)C(F)(F)Cl. The predicted molar refractivity (Wildman–Crippen MR) is 86.9 cm³/mol. The fourth-order valence-corrected chi connectivity index (χ4v) is 3.30. The summed E-state index contributed by atoms with van der Waals surface area (Å²) in [5, 5.41) is -0.538. The molecule has 2 atom stereocenters. The van der Waals surface area contributed by atoms with E-state index in [0.29, 0.717) is 27.8 Å². The summed E-state index contributed by atoms with van der Waals surface area (Å²) in [6.45, 7) is 6.48. The molecule has 4 nitrogen and oxygen atoms in total. The summed E-state index contributed by atoms with van der Waals surface area (Å²) in [5.74, 6) is -0.842. The molecule has 0 bridgehead atoms. The van der Waals surface area contributed by atoms with Crippen molar-refractivity contribution in [3.8, 4) is 5.69 Å². The number of nitrogens with zero attached hydrogens (tertiary/aromatic N) is 3. The molecule has 2 unspecified atom stereocenters. The minimum absolute atomic E-state index is 0.326. The van der Waals surface area contributed by atoms with Gasteiger partial charge in [-0.1, -0.05) is 12.6 Å². The van der Waals surface area contributed by atoms with Crippen LogP contribution in [-0.4, -0.2) is 24.4 Å². The second kappa shape index (κ2) is 6.50. The highest BCUT2D eigenvalue weighted by atomic mass is 35.7. The number of aromatic nitrogens is 3. The van der Waals surface area contributed by atoms with Crippen molar-refractivity contribution < 1.29 is 17.4 Å². The molecule has 130 valence electrons. The molecule has 1 aromatic carbocycles. The molecule has 2 aromatic rings. The Labute approximate surface area is 148 Å². The Balaban J connectivity index is 2.58. The second-order valence-corrected chi connectivity index (χ2v) is 7.26. The lowest BCUT2D eigenvalue weighted by Crippen LogP contribution is -2.36.